The van der Waals surface area contributed by atoms with E-state index in [2.05, 4.69) is 33.8 Å². The largest absolute Gasteiger partial charge is 0.300 e. The third kappa shape index (κ3) is 2.20. The van der Waals surface area contributed by atoms with Crippen molar-refractivity contribution in [1.82, 2.24) is 0 Å². The number of carbonyl (C=O) groups is 1. The standard InChI is InChI=1S/C12H20O/c1-8(2)6-10-11(7-9(3)13)12(10,4)5/h6,10-11H,7H2,1-5H3/t10-,11+/m1/s1. The predicted molar refractivity (Wildman–Crippen MR) is 55.5 cm³/mol. The molecule has 0 radical (unpaired) electrons. The van der Waals surface area contributed by atoms with Gasteiger partial charge < -0.3 is 4.79 Å². The maximum Gasteiger partial charge on any atom is 0.130 e. The highest BCUT2D eigenvalue weighted by atomic mass is 16.1. The summed E-state index contributed by atoms with van der Waals surface area (Å²) in [4.78, 5) is 11.0. The Morgan fingerprint density at radius 3 is 2.23 bits per heavy atom. The average molecular weight is 180 g/mol. The van der Waals surface area contributed by atoms with Crippen LogP contribution in [0.25, 0.3) is 0 Å². The Balaban J connectivity index is 2.61. The van der Waals surface area contributed by atoms with Crippen molar-refractivity contribution in [2.24, 2.45) is 17.3 Å². The molecule has 0 bridgehead atoms. The molecule has 0 N–H and O–H groups in total. The molecule has 1 saturated carbocycles. The minimum Gasteiger partial charge on any atom is -0.300 e. The zero-order valence-corrected chi connectivity index (χ0v) is 9.35. The van der Waals surface area contributed by atoms with Crippen molar-refractivity contribution in [2.75, 3.05) is 0 Å². The summed E-state index contributed by atoms with van der Waals surface area (Å²) < 4.78 is 0. The molecule has 2 atom stereocenters. The molecule has 1 rings (SSSR count). The molecule has 0 aliphatic heterocycles. The van der Waals surface area contributed by atoms with Crippen LogP contribution in [0.1, 0.15) is 41.0 Å². The Hall–Kier alpha value is -0.590. The fourth-order valence-electron chi connectivity index (χ4n) is 2.18. The molecule has 1 fully saturated rings. The fourth-order valence-corrected chi connectivity index (χ4v) is 2.18. The molecular weight excluding hydrogens is 160 g/mol. The van der Waals surface area contributed by atoms with Crippen molar-refractivity contribution in [3.63, 3.8) is 0 Å². The minimum absolute atomic E-state index is 0.322. The molecule has 0 heterocycles. The van der Waals surface area contributed by atoms with Gasteiger partial charge in [-0.25, -0.2) is 0 Å². The Bertz CT molecular complexity index is 244. The normalized spacial score (nSPS) is 29.6. The van der Waals surface area contributed by atoms with Gasteiger partial charge in [0.15, 0.2) is 0 Å². The molecule has 13 heavy (non-hydrogen) atoms. The number of ketones is 1. The lowest BCUT2D eigenvalue weighted by Gasteiger charge is -1.98. The summed E-state index contributed by atoms with van der Waals surface area (Å²) in [7, 11) is 0. The van der Waals surface area contributed by atoms with Gasteiger partial charge in [-0.3, -0.25) is 0 Å². The van der Waals surface area contributed by atoms with Crippen molar-refractivity contribution in [2.45, 2.75) is 41.0 Å². The Kier molecular flexibility index (Phi) is 2.65. The van der Waals surface area contributed by atoms with Gasteiger partial charge in [0.2, 0.25) is 0 Å². The third-order valence-electron chi connectivity index (χ3n) is 3.16. The van der Waals surface area contributed by atoms with Crippen molar-refractivity contribution in [3.05, 3.63) is 11.6 Å². The molecule has 0 spiro atoms. The molecule has 74 valence electrons. The van der Waals surface area contributed by atoms with Crippen LogP contribution in [-0.2, 0) is 4.79 Å². The second-order valence-corrected chi connectivity index (χ2v) is 5.10. The van der Waals surface area contributed by atoms with Gasteiger partial charge in [0, 0.05) is 6.42 Å². The highest BCUT2D eigenvalue weighted by Gasteiger charge is 2.55. The van der Waals surface area contributed by atoms with E-state index in [9.17, 15) is 4.79 Å². The molecule has 0 saturated heterocycles. The first-order chi connectivity index (χ1) is 5.85. The van der Waals surface area contributed by atoms with E-state index in [0.29, 0.717) is 23.0 Å². The van der Waals surface area contributed by atoms with Crippen LogP contribution >= 0.6 is 0 Å². The summed E-state index contributed by atoms with van der Waals surface area (Å²) in [5, 5.41) is 0. The lowest BCUT2D eigenvalue weighted by atomic mass is 10.1. The highest BCUT2D eigenvalue weighted by molar-refractivity contribution is 5.76. The van der Waals surface area contributed by atoms with Crippen LogP contribution in [0.2, 0.25) is 0 Å². The fraction of sp³-hybridized carbons (Fsp3) is 0.750. The summed E-state index contributed by atoms with van der Waals surface area (Å²) in [6.07, 6.45) is 3.06. The first-order valence-corrected chi connectivity index (χ1v) is 5.00. The summed E-state index contributed by atoms with van der Waals surface area (Å²) in [6.45, 7) is 10.4. The van der Waals surface area contributed by atoms with Crippen molar-refractivity contribution in [3.8, 4) is 0 Å². The van der Waals surface area contributed by atoms with Gasteiger partial charge >= 0.3 is 0 Å². The van der Waals surface area contributed by atoms with Crippen molar-refractivity contribution < 1.29 is 4.79 Å². The van der Waals surface area contributed by atoms with Crippen LogP contribution in [0, 0.1) is 17.3 Å². The van der Waals surface area contributed by atoms with Gasteiger partial charge in [-0.1, -0.05) is 25.5 Å². The molecule has 1 aliphatic carbocycles. The Morgan fingerprint density at radius 1 is 1.31 bits per heavy atom. The van der Waals surface area contributed by atoms with Gasteiger partial charge in [-0.2, -0.15) is 0 Å². The molecule has 1 aliphatic rings. The molecule has 1 nitrogen and oxygen atoms in total. The van der Waals surface area contributed by atoms with Crippen LogP contribution in [0.4, 0.5) is 0 Å². The lowest BCUT2D eigenvalue weighted by molar-refractivity contribution is -0.117. The third-order valence-corrected chi connectivity index (χ3v) is 3.16. The van der Waals surface area contributed by atoms with Crippen LogP contribution in [0.5, 0.6) is 0 Å². The van der Waals surface area contributed by atoms with Crippen molar-refractivity contribution >= 4 is 5.78 Å². The first-order valence-electron chi connectivity index (χ1n) is 5.00. The maximum absolute atomic E-state index is 11.0. The van der Waals surface area contributed by atoms with Crippen LogP contribution in [-0.4, -0.2) is 5.78 Å². The lowest BCUT2D eigenvalue weighted by Crippen LogP contribution is -1.96. The summed E-state index contributed by atoms with van der Waals surface area (Å²) in [5.41, 5.74) is 1.72. The number of hydrogen-bond acceptors (Lipinski definition) is 1. The van der Waals surface area contributed by atoms with Gasteiger partial charge in [-0.15, -0.1) is 0 Å². The molecule has 0 unspecified atom stereocenters. The molecular formula is C12H20O. The Labute approximate surface area is 81.2 Å². The minimum atomic E-state index is 0.322. The maximum atomic E-state index is 11.0. The molecule has 0 aromatic heterocycles. The molecule has 0 aromatic carbocycles. The number of hydrogen-bond donors (Lipinski definition) is 0. The smallest absolute Gasteiger partial charge is 0.130 e. The Morgan fingerprint density at radius 2 is 1.85 bits per heavy atom. The summed E-state index contributed by atoms with van der Waals surface area (Å²) in [5.74, 6) is 1.53. The second kappa shape index (κ2) is 3.28. The van der Waals surface area contributed by atoms with E-state index in [1.54, 1.807) is 6.92 Å². The van der Waals surface area contributed by atoms with E-state index in [4.69, 9.17) is 0 Å². The quantitative estimate of drug-likeness (QED) is 0.609. The summed E-state index contributed by atoms with van der Waals surface area (Å²) in [6, 6.07) is 0. The van der Waals surface area contributed by atoms with Gasteiger partial charge in [0.05, 0.1) is 0 Å². The average Bonchev–Trinajstić information content (AvgIpc) is 2.36. The second-order valence-electron chi connectivity index (χ2n) is 5.10. The number of Topliss-reactive ketones (excluding diaryl/α,β-unsaturated/α-hetero) is 1. The zero-order chi connectivity index (χ0) is 10.2. The number of allylic oxidation sites excluding steroid dienone is 2. The van der Waals surface area contributed by atoms with Crippen LogP contribution in [0.3, 0.4) is 0 Å². The summed E-state index contributed by atoms with van der Waals surface area (Å²) >= 11 is 0. The van der Waals surface area contributed by atoms with E-state index >= 15 is 0 Å². The van der Waals surface area contributed by atoms with Gasteiger partial charge in [0.1, 0.15) is 5.78 Å². The molecule has 0 amide bonds. The van der Waals surface area contributed by atoms with E-state index in [0.717, 1.165) is 6.42 Å². The highest BCUT2D eigenvalue weighted by Crippen LogP contribution is 2.60. The topological polar surface area (TPSA) is 17.1 Å². The number of rotatable bonds is 3. The predicted octanol–water partition coefficient (Wildman–Crippen LogP) is 3.20. The SMILES string of the molecule is CC(=O)C[C@H]1[C@@H](C=C(C)C)C1(C)C. The van der Waals surface area contributed by atoms with Crippen LogP contribution < -0.4 is 0 Å². The van der Waals surface area contributed by atoms with Crippen LogP contribution in [0.15, 0.2) is 11.6 Å². The van der Waals surface area contributed by atoms with Crippen molar-refractivity contribution in [1.29, 1.82) is 0 Å². The van der Waals surface area contributed by atoms with Gasteiger partial charge in [-0.05, 0) is 38.0 Å². The number of carbonyl (C=O) groups excluding carboxylic acids is 1. The molecule has 1 heteroatoms. The first kappa shape index (κ1) is 10.5. The monoisotopic (exact) mass is 180 g/mol. The van der Waals surface area contributed by atoms with Gasteiger partial charge in [0.25, 0.3) is 0 Å². The molecule has 0 aromatic rings. The van der Waals surface area contributed by atoms with E-state index in [-0.39, 0.29) is 0 Å². The van der Waals surface area contributed by atoms with E-state index in [1.165, 1.54) is 5.57 Å². The van der Waals surface area contributed by atoms with E-state index in [1.807, 2.05) is 0 Å². The zero-order valence-electron chi connectivity index (χ0n) is 9.35. The van der Waals surface area contributed by atoms with E-state index < -0.39 is 0 Å².